The third kappa shape index (κ3) is 3.09. The van der Waals surface area contributed by atoms with Crippen molar-refractivity contribution in [2.24, 2.45) is 0 Å². The second-order valence-corrected chi connectivity index (χ2v) is 6.20. The minimum Gasteiger partial charge on any atom is -0.346 e. The SMILES string of the molecule is CCn1nccc1C(C)NC(=O)C(C)n1nc(C)c(Br)c1C. The Bertz CT molecular complexity index is 676. The second kappa shape index (κ2) is 6.64. The Balaban J connectivity index is 2.13. The molecule has 0 aliphatic rings. The number of carbonyl (C=O) groups excluding carboxylic acids is 1. The average molecular weight is 368 g/mol. The number of halogens is 1. The largest absolute Gasteiger partial charge is 0.346 e. The van der Waals surface area contributed by atoms with E-state index in [0.717, 1.165) is 28.1 Å². The number of nitrogens with one attached hydrogen (secondary N) is 1. The Morgan fingerprint density at radius 2 is 2.09 bits per heavy atom. The molecule has 0 saturated heterocycles. The molecule has 2 unspecified atom stereocenters. The molecule has 6 nitrogen and oxygen atoms in total. The van der Waals surface area contributed by atoms with E-state index in [9.17, 15) is 4.79 Å². The molecule has 0 fully saturated rings. The Kier molecular flexibility index (Phi) is 5.05. The van der Waals surface area contributed by atoms with Crippen LogP contribution in [0.5, 0.6) is 0 Å². The van der Waals surface area contributed by atoms with Gasteiger partial charge < -0.3 is 5.32 Å². The molecule has 1 amide bonds. The minimum absolute atomic E-state index is 0.0607. The molecule has 7 heteroatoms. The van der Waals surface area contributed by atoms with Gasteiger partial charge in [0.05, 0.1) is 27.6 Å². The summed E-state index contributed by atoms with van der Waals surface area (Å²) in [5.74, 6) is -0.0607. The number of aryl methyl sites for hydroxylation is 2. The standard InChI is InChI=1S/C15H22BrN5O/c1-6-20-13(7-8-17-20)9(2)18-15(22)12(5)21-11(4)14(16)10(3)19-21/h7-9,12H,6H2,1-5H3,(H,18,22). The lowest BCUT2D eigenvalue weighted by Gasteiger charge is -2.19. The van der Waals surface area contributed by atoms with Gasteiger partial charge in [-0.2, -0.15) is 10.2 Å². The number of carbonyl (C=O) groups is 1. The highest BCUT2D eigenvalue weighted by molar-refractivity contribution is 9.10. The molecule has 1 N–H and O–H groups in total. The molecule has 2 aromatic rings. The maximum Gasteiger partial charge on any atom is 0.245 e. The molecule has 120 valence electrons. The van der Waals surface area contributed by atoms with E-state index in [4.69, 9.17) is 0 Å². The van der Waals surface area contributed by atoms with Gasteiger partial charge in [0.1, 0.15) is 6.04 Å². The van der Waals surface area contributed by atoms with Crippen molar-refractivity contribution in [1.29, 1.82) is 0 Å². The van der Waals surface area contributed by atoms with E-state index >= 15 is 0 Å². The van der Waals surface area contributed by atoms with Crippen molar-refractivity contribution in [2.45, 2.75) is 53.2 Å². The van der Waals surface area contributed by atoms with Crippen molar-refractivity contribution in [2.75, 3.05) is 0 Å². The van der Waals surface area contributed by atoms with Crippen LogP contribution in [0.25, 0.3) is 0 Å². The van der Waals surface area contributed by atoms with Gasteiger partial charge in [-0.15, -0.1) is 0 Å². The number of nitrogens with zero attached hydrogens (tertiary/aromatic N) is 4. The minimum atomic E-state index is -0.370. The molecule has 2 heterocycles. The lowest BCUT2D eigenvalue weighted by molar-refractivity contribution is -0.124. The van der Waals surface area contributed by atoms with E-state index in [2.05, 4.69) is 31.4 Å². The molecule has 2 aromatic heterocycles. The maximum absolute atomic E-state index is 12.5. The van der Waals surface area contributed by atoms with Crippen molar-refractivity contribution in [3.05, 3.63) is 33.8 Å². The third-order valence-electron chi connectivity index (χ3n) is 3.83. The van der Waals surface area contributed by atoms with Crippen LogP contribution >= 0.6 is 15.9 Å². The molecule has 0 bridgehead atoms. The summed E-state index contributed by atoms with van der Waals surface area (Å²) in [7, 11) is 0. The Labute approximate surface area is 139 Å². The topological polar surface area (TPSA) is 64.7 Å². The molecular formula is C15H22BrN5O. The van der Waals surface area contributed by atoms with Crippen LogP contribution < -0.4 is 5.32 Å². The number of amides is 1. The smallest absolute Gasteiger partial charge is 0.245 e. The molecule has 0 aliphatic carbocycles. The van der Waals surface area contributed by atoms with Crippen molar-refractivity contribution >= 4 is 21.8 Å². The van der Waals surface area contributed by atoms with E-state index in [0.29, 0.717) is 0 Å². The Hall–Kier alpha value is -1.63. The fourth-order valence-corrected chi connectivity index (χ4v) is 2.77. The van der Waals surface area contributed by atoms with Gasteiger partial charge >= 0.3 is 0 Å². The number of rotatable bonds is 5. The van der Waals surface area contributed by atoms with Crippen molar-refractivity contribution in [3.63, 3.8) is 0 Å². The fourth-order valence-electron chi connectivity index (χ4n) is 2.51. The summed E-state index contributed by atoms with van der Waals surface area (Å²) in [6, 6.07) is 1.46. The van der Waals surface area contributed by atoms with Gasteiger partial charge in [0.15, 0.2) is 0 Å². The maximum atomic E-state index is 12.5. The molecule has 0 aromatic carbocycles. The van der Waals surface area contributed by atoms with Crippen LogP contribution in [0.1, 0.15) is 49.9 Å². The summed E-state index contributed by atoms with van der Waals surface area (Å²) in [6.07, 6.45) is 1.75. The zero-order chi connectivity index (χ0) is 16.4. The first-order valence-electron chi connectivity index (χ1n) is 7.40. The average Bonchev–Trinajstić information content (AvgIpc) is 3.07. The molecule has 0 saturated carbocycles. The lowest BCUT2D eigenvalue weighted by atomic mass is 10.2. The summed E-state index contributed by atoms with van der Waals surface area (Å²) in [5, 5.41) is 11.7. The summed E-state index contributed by atoms with van der Waals surface area (Å²) in [6.45, 7) is 10.5. The summed E-state index contributed by atoms with van der Waals surface area (Å²) in [4.78, 5) is 12.5. The van der Waals surface area contributed by atoms with Gasteiger partial charge in [0.2, 0.25) is 5.91 Å². The number of aromatic nitrogens is 4. The quantitative estimate of drug-likeness (QED) is 0.883. The summed E-state index contributed by atoms with van der Waals surface area (Å²) < 4.78 is 4.58. The van der Waals surface area contributed by atoms with E-state index in [1.807, 2.05) is 45.4 Å². The van der Waals surface area contributed by atoms with Gasteiger partial charge in [0, 0.05) is 12.7 Å². The van der Waals surface area contributed by atoms with Crippen molar-refractivity contribution in [3.8, 4) is 0 Å². The van der Waals surface area contributed by atoms with Crippen LogP contribution in [-0.4, -0.2) is 25.5 Å². The molecule has 2 atom stereocenters. The number of hydrogen-bond donors (Lipinski definition) is 1. The first kappa shape index (κ1) is 16.7. The van der Waals surface area contributed by atoms with Gasteiger partial charge in [-0.3, -0.25) is 14.2 Å². The molecule has 0 radical (unpaired) electrons. The van der Waals surface area contributed by atoms with Crippen LogP contribution in [0.4, 0.5) is 0 Å². The first-order chi connectivity index (χ1) is 10.4. The van der Waals surface area contributed by atoms with Crippen LogP contribution in [0.3, 0.4) is 0 Å². The highest BCUT2D eigenvalue weighted by atomic mass is 79.9. The monoisotopic (exact) mass is 367 g/mol. The predicted molar refractivity (Wildman–Crippen MR) is 88.6 cm³/mol. The molecular weight excluding hydrogens is 346 g/mol. The molecule has 22 heavy (non-hydrogen) atoms. The Morgan fingerprint density at radius 1 is 1.41 bits per heavy atom. The van der Waals surface area contributed by atoms with E-state index in [-0.39, 0.29) is 18.0 Å². The summed E-state index contributed by atoms with van der Waals surface area (Å²) >= 11 is 3.49. The number of hydrogen-bond acceptors (Lipinski definition) is 3. The van der Waals surface area contributed by atoms with Crippen LogP contribution in [0.15, 0.2) is 16.7 Å². The zero-order valence-corrected chi connectivity index (χ0v) is 15.2. The molecule has 0 spiro atoms. The van der Waals surface area contributed by atoms with Crippen molar-refractivity contribution in [1.82, 2.24) is 24.9 Å². The highest BCUT2D eigenvalue weighted by Crippen LogP contribution is 2.23. The first-order valence-corrected chi connectivity index (χ1v) is 8.19. The normalized spacial score (nSPS) is 13.9. The van der Waals surface area contributed by atoms with Crippen molar-refractivity contribution < 1.29 is 4.79 Å². The van der Waals surface area contributed by atoms with E-state index in [1.165, 1.54) is 0 Å². The lowest BCUT2D eigenvalue weighted by Crippen LogP contribution is -2.34. The van der Waals surface area contributed by atoms with E-state index in [1.54, 1.807) is 10.9 Å². The Morgan fingerprint density at radius 3 is 2.64 bits per heavy atom. The third-order valence-corrected chi connectivity index (χ3v) is 4.98. The van der Waals surface area contributed by atoms with Gasteiger partial charge in [-0.1, -0.05) is 0 Å². The second-order valence-electron chi connectivity index (χ2n) is 5.41. The molecule has 2 rings (SSSR count). The predicted octanol–water partition coefficient (Wildman–Crippen LogP) is 2.92. The summed E-state index contributed by atoms with van der Waals surface area (Å²) in [5.41, 5.74) is 2.83. The van der Waals surface area contributed by atoms with E-state index < -0.39 is 0 Å². The van der Waals surface area contributed by atoms with Crippen LogP contribution in [0.2, 0.25) is 0 Å². The van der Waals surface area contributed by atoms with Crippen LogP contribution in [0, 0.1) is 13.8 Å². The fraction of sp³-hybridized carbons (Fsp3) is 0.533. The van der Waals surface area contributed by atoms with Crippen LogP contribution in [-0.2, 0) is 11.3 Å². The van der Waals surface area contributed by atoms with Gasteiger partial charge in [-0.25, -0.2) is 0 Å². The van der Waals surface area contributed by atoms with Gasteiger partial charge in [0.25, 0.3) is 0 Å². The van der Waals surface area contributed by atoms with Gasteiger partial charge in [-0.05, 0) is 56.6 Å². The zero-order valence-electron chi connectivity index (χ0n) is 13.6. The molecule has 0 aliphatic heterocycles. The highest BCUT2D eigenvalue weighted by Gasteiger charge is 2.22.